The molecular weight excluding hydrogens is 519 g/mol. The molecule has 36 heavy (non-hydrogen) atoms. The second-order valence-corrected chi connectivity index (χ2v) is 17.1. The molecule has 0 aliphatic carbocycles. The molecule has 1 heterocycles. The summed E-state index contributed by atoms with van der Waals surface area (Å²) in [6.45, 7) is -4.25. The molecule has 4 rings (SSSR count). The van der Waals surface area contributed by atoms with Crippen LogP contribution in [0.15, 0.2) is 91.0 Å². The zero-order valence-corrected chi connectivity index (χ0v) is 22.8. The van der Waals surface area contributed by atoms with Gasteiger partial charge in [0.1, 0.15) is 0 Å². The molecule has 0 spiro atoms. The van der Waals surface area contributed by atoms with Gasteiger partial charge in [0.25, 0.3) is 0 Å². The monoisotopic (exact) mass is 550 g/mol. The molecule has 0 N–H and O–H groups in total. The Bertz CT molecular complexity index is 1280. The van der Waals surface area contributed by atoms with E-state index in [-0.39, 0.29) is 12.8 Å². The summed E-state index contributed by atoms with van der Waals surface area (Å²) in [5, 5.41) is 2.31. The van der Waals surface area contributed by atoms with Gasteiger partial charge in [0, 0.05) is 0 Å². The van der Waals surface area contributed by atoms with Gasteiger partial charge in [-0.15, -0.1) is 0 Å². The average molecular weight is 551 g/mol. The maximum absolute atomic E-state index is 13.1. The summed E-state index contributed by atoms with van der Waals surface area (Å²) < 4.78 is 67.0. The number of ether oxygens (including phenoxy) is 1. The Morgan fingerprint density at radius 3 is 1.50 bits per heavy atom. The van der Waals surface area contributed by atoms with Crippen LogP contribution in [0.4, 0.5) is 0 Å². The first-order valence-electron chi connectivity index (χ1n) is 11.6. The van der Waals surface area contributed by atoms with Crippen LogP contribution in [0.1, 0.15) is 12.8 Å². The van der Waals surface area contributed by atoms with Crippen LogP contribution in [-0.2, 0) is 33.1 Å². The van der Waals surface area contributed by atoms with Crippen LogP contribution in [0.25, 0.3) is 0 Å². The molecule has 1 aliphatic rings. The van der Waals surface area contributed by atoms with Crippen LogP contribution in [-0.4, -0.2) is 54.3 Å². The van der Waals surface area contributed by atoms with Crippen molar-refractivity contribution in [2.45, 2.75) is 25.0 Å². The molecule has 1 aliphatic heterocycles. The van der Waals surface area contributed by atoms with E-state index in [1.165, 1.54) is 0 Å². The van der Waals surface area contributed by atoms with Crippen molar-refractivity contribution in [3.8, 4) is 0 Å². The van der Waals surface area contributed by atoms with Crippen LogP contribution in [0.2, 0.25) is 0 Å². The van der Waals surface area contributed by atoms with Gasteiger partial charge in [-0.25, -0.2) is 0 Å². The Morgan fingerprint density at radius 2 is 1.11 bits per heavy atom. The molecule has 1 saturated heterocycles. The summed E-state index contributed by atoms with van der Waals surface area (Å²) in [4.78, 5) is 0. The Balaban J connectivity index is 1.94. The quantitative estimate of drug-likeness (QED) is 0.283. The van der Waals surface area contributed by atoms with Crippen molar-refractivity contribution in [3.05, 3.63) is 91.0 Å². The summed E-state index contributed by atoms with van der Waals surface area (Å²) in [5.74, 6) is 0. The van der Waals surface area contributed by atoms with Crippen molar-refractivity contribution in [2.24, 2.45) is 0 Å². The molecule has 7 nitrogen and oxygen atoms in total. The van der Waals surface area contributed by atoms with Crippen LogP contribution >= 0.6 is 6.83 Å². The van der Waals surface area contributed by atoms with Crippen molar-refractivity contribution in [3.63, 3.8) is 0 Å². The number of benzene rings is 3. The van der Waals surface area contributed by atoms with Crippen LogP contribution in [0, 0.1) is 0 Å². The Hall–Kier alpha value is -2.13. The molecule has 0 bridgehead atoms. The van der Waals surface area contributed by atoms with Gasteiger partial charge >= 0.3 is 214 Å². The molecule has 10 heteroatoms. The Kier molecular flexibility index (Phi) is 7.72. The molecule has 0 amide bonds. The van der Waals surface area contributed by atoms with E-state index in [2.05, 4.69) is 0 Å². The number of rotatable bonds is 10. The van der Waals surface area contributed by atoms with Crippen molar-refractivity contribution < 1.29 is 29.7 Å². The predicted octanol–water partition coefficient (Wildman–Crippen LogP) is 2.93. The standard InChI is InChI=1S/C26H31O7PS2/c1-35(27,28)31-20-22-18-19-23(32-22)21-34(33-36(2,29)30,24-12-6-3-7-13-24,25-14-8-4-9-15-25)26-16-10-5-11-17-26/h3-17,22-23H,18-21H2,1-2H3/t22-,23+/m1/s1. The summed E-state index contributed by atoms with van der Waals surface area (Å²) in [7, 11) is -7.58. The van der Waals surface area contributed by atoms with Crippen LogP contribution < -0.4 is 15.9 Å². The number of hydrogen-bond donors (Lipinski definition) is 0. The first kappa shape index (κ1) is 26.9. The predicted molar refractivity (Wildman–Crippen MR) is 145 cm³/mol. The zero-order chi connectivity index (χ0) is 25.9. The van der Waals surface area contributed by atoms with Crippen LogP contribution in [0.5, 0.6) is 0 Å². The molecule has 1 fully saturated rings. The van der Waals surface area contributed by atoms with Gasteiger partial charge in [-0.3, -0.25) is 0 Å². The Labute approximate surface area is 213 Å². The molecule has 0 unspecified atom stereocenters. The molecule has 0 radical (unpaired) electrons. The molecule has 3 aromatic rings. The summed E-state index contributed by atoms with van der Waals surface area (Å²) in [6.07, 6.45) is 2.74. The van der Waals surface area contributed by atoms with Gasteiger partial charge in [0.2, 0.25) is 0 Å². The molecule has 0 saturated carbocycles. The summed E-state index contributed by atoms with van der Waals surface area (Å²) in [5.41, 5.74) is 0. The minimum atomic E-state index is -4.16. The fourth-order valence-electron chi connectivity index (χ4n) is 5.08. The normalized spacial score (nSPS) is 20.0. The van der Waals surface area contributed by atoms with Crippen LogP contribution in [0.3, 0.4) is 0 Å². The van der Waals surface area contributed by atoms with Gasteiger partial charge in [0.05, 0.1) is 0 Å². The van der Waals surface area contributed by atoms with E-state index in [9.17, 15) is 16.8 Å². The first-order valence-corrected chi connectivity index (χ1v) is 17.6. The molecular formula is C26H31O7PS2. The van der Waals surface area contributed by atoms with Gasteiger partial charge in [-0.05, 0) is 0 Å². The van der Waals surface area contributed by atoms with E-state index in [1.807, 2.05) is 91.0 Å². The van der Waals surface area contributed by atoms with E-state index in [0.29, 0.717) is 12.8 Å². The van der Waals surface area contributed by atoms with E-state index in [0.717, 1.165) is 28.4 Å². The van der Waals surface area contributed by atoms with E-state index in [4.69, 9.17) is 12.9 Å². The minimum absolute atomic E-state index is 0.0831. The van der Waals surface area contributed by atoms with Gasteiger partial charge in [0.15, 0.2) is 0 Å². The van der Waals surface area contributed by atoms with Crippen molar-refractivity contribution in [2.75, 3.05) is 25.3 Å². The Morgan fingerprint density at radius 1 is 0.694 bits per heavy atom. The van der Waals surface area contributed by atoms with E-state index in [1.54, 1.807) is 0 Å². The topological polar surface area (TPSA) is 96.0 Å². The number of hydrogen-bond acceptors (Lipinski definition) is 7. The van der Waals surface area contributed by atoms with Gasteiger partial charge < -0.3 is 0 Å². The average Bonchev–Trinajstić information content (AvgIpc) is 3.30. The third kappa shape index (κ3) is 5.57. The molecule has 194 valence electrons. The fraction of sp³-hybridized carbons (Fsp3) is 0.308. The van der Waals surface area contributed by atoms with Crippen molar-refractivity contribution in [1.29, 1.82) is 0 Å². The van der Waals surface area contributed by atoms with E-state index < -0.39 is 39.3 Å². The fourth-order valence-corrected chi connectivity index (χ4v) is 14.1. The second-order valence-electron chi connectivity index (χ2n) is 9.13. The van der Waals surface area contributed by atoms with Gasteiger partial charge in [-0.2, -0.15) is 0 Å². The molecule has 0 aromatic heterocycles. The zero-order valence-electron chi connectivity index (χ0n) is 20.3. The van der Waals surface area contributed by atoms with Crippen molar-refractivity contribution >= 4 is 43.0 Å². The molecule has 3 aromatic carbocycles. The van der Waals surface area contributed by atoms with Crippen molar-refractivity contribution in [1.82, 2.24) is 0 Å². The first-order chi connectivity index (χ1) is 17.0. The van der Waals surface area contributed by atoms with Gasteiger partial charge in [-0.1, -0.05) is 0 Å². The SMILES string of the molecule is CS(=O)(=O)OC[C@H]1CC[C@@H](CP(OS(C)(=O)=O)(c2ccccc2)(c2ccccc2)c2ccccc2)O1. The van der Waals surface area contributed by atoms with E-state index >= 15 is 0 Å². The maximum atomic E-state index is 13.1. The summed E-state index contributed by atoms with van der Waals surface area (Å²) >= 11 is 0. The summed E-state index contributed by atoms with van der Waals surface area (Å²) in [6, 6.07) is 28.5. The molecule has 2 atom stereocenters. The third-order valence-corrected chi connectivity index (χ3v) is 14.7. The second kappa shape index (κ2) is 10.3. The third-order valence-electron chi connectivity index (χ3n) is 6.42.